The van der Waals surface area contributed by atoms with Crippen LogP contribution in [-0.2, 0) is 7.05 Å². The van der Waals surface area contributed by atoms with Crippen molar-refractivity contribution in [2.24, 2.45) is 7.05 Å². The number of rotatable bonds is 2. The fourth-order valence-corrected chi connectivity index (χ4v) is 2.77. The summed E-state index contributed by atoms with van der Waals surface area (Å²) in [5.41, 5.74) is 0.644. The zero-order valence-electron chi connectivity index (χ0n) is 13.7. The lowest BCUT2D eigenvalue weighted by molar-refractivity contribution is 0.102. The second-order valence-corrected chi connectivity index (χ2v) is 5.74. The number of aromatic nitrogens is 4. The number of anilines is 1. The van der Waals surface area contributed by atoms with Crippen molar-refractivity contribution in [3.8, 4) is 0 Å². The Balaban J connectivity index is 1.77. The summed E-state index contributed by atoms with van der Waals surface area (Å²) in [5.74, 6) is -0.413. The topological polar surface area (TPSA) is 110 Å². The van der Waals surface area contributed by atoms with E-state index in [2.05, 4.69) is 20.3 Å². The number of fused-ring (bicyclic) bond motifs is 2. The van der Waals surface area contributed by atoms with Crippen molar-refractivity contribution in [3.63, 3.8) is 0 Å². The number of aryl methyl sites for hydroxylation is 1. The first-order chi connectivity index (χ1) is 12.5. The number of H-pyrrole nitrogens is 1. The first kappa shape index (κ1) is 15.7. The molecule has 0 radical (unpaired) electrons. The number of aromatic amines is 1. The third kappa shape index (κ3) is 2.53. The Morgan fingerprint density at radius 3 is 2.81 bits per heavy atom. The van der Waals surface area contributed by atoms with Gasteiger partial charge in [0.05, 0.1) is 22.2 Å². The molecule has 0 spiro atoms. The van der Waals surface area contributed by atoms with Gasteiger partial charge in [-0.05, 0) is 30.3 Å². The summed E-state index contributed by atoms with van der Waals surface area (Å²) in [4.78, 5) is 46.8. The summed E-state index contributed by atoms with van der Waals surface area (Å²) in [7, 11) is 1.50. The number of hydrogen-bond donors (Lipinski definition) is 2. The molecule has 3 heterocycles. The third-order valence-electron chi connectivity index (χ3n) is 4.11. The summed E-state index contributed by atoms with van der Waals surface area (Å²) >= 11 is 0. The van der Waals surface area contributed by atoms with E-state index in [9.17, 15) is 14.4 Å². The second-order valence-electron chi connectivity index (χ2n) is 5.74. The molecule has 0 fully saturated rings. The Morgan fingerprint density at radius 1 is 1.12 bits per heavy atom. The quantitative estimate of drug-likeness (QED) is 0.570. The fourth-order valence-electron chi connectivity index (χ4n) is 2.77. The van der Waals surface area contributed by atoms with Gasteiger partial charge in [0, 0.05) is 24.8 Å². The van der Waals surface area contributed by atoms with Crippen molar-refractivity contribution < 1.29 is 4.79 Å². The lowest BCUT2D eigenvalue weighted by Gasteiger charge is -2.09. The van der Waals surface area contributed by atoms with E-state index in [0.29, 0.717) is 5.69 Å². The van der Waals surface area contributed by atoms with Gasteiger partial charge in [-0.2, -0.15) is 0 Å². The molecule has 8 heteroatoms. The Bertz CT molecular complexity index is 1280. The Kier molecular flexibility index (Phi) is 3.58. The number of carbonyl (C=O) groups excluding carboxylic acids is 1. The maximum atomic E-state index is 12.6. The van der Waals surface area contributed by atoms with Crippen LogP contribution in [0.25, 0.3) is 21.9 Å². The van der Waals surface area contributed by atoms with E-state index in [0.717, 1.165) is 10.9 Å². The molecule has 0 aliphatic carbocycles. The van der Waals surface area contributed by atoms with Crippen LogP contribution in [0.1, 0.15) is 10.4 Å². The molecule has 1 amide bonds. The van der Waals surface area contributed by atoms with Crippen LogP contribution in [0.4, 0.5) is 5.69 Å². The normalized spacial score (nSPS) is 11.0. The number of benzene rings is 1. The van der Waals surface area contributed by atoms with E-state index in [1.165, 1.54) is 23.9 Å². The van der Waals surface area contributed by atoms with Crippen LogP contribution in [-0.4, -0.2) is 25.4 Å². The smallest absolute Gasteiger partial charge is 0.321 e. The van der Waals surface area contributed by atoms with Gasteiger partial charge in [0.15, 0.2) is 0 Å². The number of nitrogens with one attached hydrogen (secondary N) is 2. The molecule has 4 rings (SSSR count). The highest BCUT2D eigenvalue weighted by atomic mass is 16.2. The van der Waals surface area contributed by atoms with Gasteiger partial charge in [0.1, 0.15) is 5.65 Å². The van der Waals surface area contributed by atoms with Crippen molar-refractivity contribution >= 4 is 33.5 Å². The highest BCUT2D eigenvalue weighted by Gasteiger charge is 2.13. The summed E-state index contributed by atoms with van der Waals surface area (Å²) in [6.07, 6.45) is 3.01. The maximum absolute atomic E-state index is 12.6. The molecular weight excluding hydrogens is 334 g/mol. The van der Waals surface area contributed by atoms with E-state index in [1.54, 1.807) is 24.4 Å². The van der Waals surface area contributed by atoms with Gasteiger partial charge in [-0.3, -0.25) is 24.1 Å². The Labute approximate surface area is 146 Å². The summed E-state index contributed by atoms with van der Waals surface area (Å²) in [6.45, 7) is 0. The van der Waals surface area contributed by atoms with Crippen molar-refractivity contribution in [3.05, 3.63) is 75.2 Å². The van der Waals surface area contributed by atoms with Crippen LogP contribution in [0.5, 0.6) is 0 Å². The van der Waals surface area contributed by atoms with E-state index < -0.39 is 17.2 Å². The molecule has 0 unspecified atom stereocenters. The highest BCUT2D eigenvalue weighted by molar-refractivity contribution is 6.09. The molecule has 0 aliphatic heterocycles. The molecule has 128 valence electrons. The number of pyridine rings is 2. The molecular formula is C18H13N5O3. The van der Waals surface area contributed by atoms with Crippen LogP contribution < -0.4 is 16.6 Å². The van der Waals surface area contributed by atoms with Gasteiger partial charge in [-0.15, -0.1) is 0 Å². The van der Waals surface area contributed by atoms with Gasteiger partial charge in [0.2, 0.25) is 0 Å². The molecule has 0 aliphatic rings. The first-order valence-corrected chi connectivity index (χ1v) is 7.79. The van der Waals surface area contributed by atoms with Gasteiger partial charge < -0.3 is 5.32 Å². The lowest BCUT2D eigenvalue weighted by Crippen LogP contribution is -2.29. The molecule has 0 bridgehead atoms. The highest BCUT2D eigenvalue weighted by Crippen LogP contribution is 2.22. The SMILES string of the molecule is Cn1c(=O)[nH]c(=O)c2cc(C(=O)Nc3cccc4ncccc34)cnc21. The summed E-state index contributed by atoms with van der Waals surface area (Å²) in [5, 5.41) is 3.78. The molecule has 0 atom stereocenters. The number of amides is 1. The third-order valence-corrected chi connectivity index (χ3v) is 4.11. The molecule has 0 saturated carbocycles. The summed E-state index contributed by atoms with van der Waals surface area (Å²) in [6, 6.07) is 10.5. The number of nitrogens with zero attached hydrogens (tertiary/aromatic N) is 3. The van der Waals surface area contributed by atoms with Crippen molar-refractivity contribution in [1.29, 1.82) is 0 Å². The average Bonchev–Trinajstić information content (AvgIpc) is 2.66. The first-order valence-electron chi connectivity index (χ1n) is 7.79. The molecule has 2 N–H and O–H groups in total. The van der Waals surface area contributed by atoms with E-state index in [-0.39, 0.29) is 16.6 Å². The van der Waals surface area contributed by atoms with Crippen LogP contribution >= 0.6 is 0 Å². The van der Waals surface area contributed by atoms with Gasteiger partial charge >= 0.3 is 5.69 Å². The van der Waals surface area contributed by atoms with E-state index >= 15 is 0 Å². The van der Waals surface area contributed by atoms with E-state index in [4.69, 9.17) is 0 Å². The van der Waals surface area contributed by atoms with Crippen molar-refractivity contribution in [2.45, 2.75) is 0 Å². The maximum Gasteiger partial charge on any atom is 0.329 e. The molecule has 4 aromatic rings. The zero-order valence-corrected chi connectivity index (χ0v) is 13.7. The monoisotopic (exact) mass is 347 g/mol. The molecule has 26 heavy (non-hydrogen) atoms. The van der Waals surface area contributed by atoms with Crippen molar-refractivity contribution in [1.82, 2.24) is 19.5 Å². The van der Waals surface area contributed by atoms with Crippen LogP contribution in [0, 0.1) is 0 Å². The lowest BCUT2D eigenvalue weighted by atomic mass is 10.1. The minimum Gasteiger partial charge on any atom is -0.321 e. The molecule has 1 aromatic carbocycles. The van der Waals surface area contributed by atoms with Crippen molar-refractivity contribution in [2.75, 3.05) is 5.32 Å². The van der Waals surface area contributed by atoms with Gasteiger partial charge in [-0.25, -0.2) is 9.78 Å². The van der Waals surface area contributed by atoms with Gasteiger partial charge in [-0.1, -0.05) is 6.07 Å². The standard InChI is InChI=1S/C18H13N5O3/c1-23-15-12(17(25)22-18(23)26)8-10(9-20-15)16(24)21-14-6-2-5-13-11(14)4-3-7-19-13/h2-9H,1H3,(H,21,24)(H,22,25,26). The Hall–Kier alpha value is -3.81. The molecule has 3 aromatic heterocycles. The largest absolute Gasteiger partial charge is 0.329 e. The van der Waals surface area contributed by atoms with E-state index in [1.807, 2.05) is 12.1 Å². The summed E-state index contributed by atoms with van der Waals surface area (Å²) < 4.78 is 1.22. The molecule has 0 saturated heterocycles. The minimum atomic E-state index is -0.584. The number of carbonyl (C=O) groups is 1. The average molecular weight is 347 g/mol. The minimum absolute atomic E-state index is 0.166. The predicted octanol–water partition coefficient (Wildman–Crippen LogP) is 1.42. The molecule has 8 nitrogen and oxygen atoms in total. The van der Waals surface area contributed by atoms with Crippen LogP contribution in [0.2, 0.25) is 0 Å². The zero-order chi connectivity index (χ0) is 18.3. The second kappa shape index (κ2) is 5.92. The van der Waals surface area contributed by atoms with Crippen LogP contribution in [0.3, 0.4) is 0 Å². The van der Waals surface area contributed by atoms with Crippen LogP contribution in [0.15, 0.2) is 58.4 Å². The fraction of sp³-hybridized carbons (Fsp3) is 0.0556. The predicted molar refractivity (Wildman–Crippen MR) is 97.3 cm³/mol. The Morgan fingerprint density at radius 2 is 1.96 bits per heavy atom. The number of hydrogen-bond acceptors (Lipinski definition) is 5. The van der Waals surface area contributed by atoms with Gasteiger partial charge in [0.25, 0.3) is 11.5 Å².